The fourth-order valence-corrected chi connectivity index (χ4v) is 4.27. The molecule has 1 atom stereocenters. The van der Waals surface area contributed by atoms with Crippen LogP contribution in [0, 0.1) is 0 Å². The first-order valence-electron chi connectivity index (χ1n) is 9.84. The number of hydrogen-bond acceptors (Lipinski definition) is 3. The molecule has 0 aromatic heterocycles. The molecule has 1 N–H and O–H groups in total. The average molecular weight is 502 g/mol. The molecule has 0 aliphatic heterocycles. The minimum absolute atomic E-state index is 0.137. The molecule has 4 nitrogen and oxygen atoms in total. The van der Waals surface area contributed by atoms with Crippen LogP contribution in [0.4, 0.5) is 0 Å². The minimum Gasteiger partial charge on any atom is -0.350 e. The third kappa shape index (κ3) is 8.57. The predicted molar refractivity (Wildman–Crippen MR) is 132 cm³/mol. The summed E-state index contributed by atoms with van der Waals surface area (Å²) < 4.78 is 0. The molecule has 0 saturated heterocycles. The highest BCUT2D eigenvalue weighted by atomic mass is 35.5. The Morgan fingerprint density at radius 1 is 1.03 bits per heavy atom. The molecule has 2 rings (SSSR count). The van der Waals surface area contributed by atoms with Gasteiger partial charge in [-0.1, -0.05) is 53.0 Å². The van der Waals surface area contributed by atoms with Crippen LogP contribution in [0.15, 0.2) is 42.5 Å². The number of rotatable bonds is 8. The monoisotopic (exact) mass is 500 g/mol. The Balaban J connectivity index is 2.13. The van der Waals surface area contributed by atoms with E-state index in [-0.39, 0.29) is 24.1 Å². The van der Waals surface area contributed by atoms with E-state index in [1.807, 2.05) is 45.0 Å². The molecule has 0 unspecified atom stereocenters. The normalized spacial score (nSPS) is 12.4. The maximum atomic E-state index is 13.1. The van der Waals surface area contributed by atoms with Crippen molar-refractivity contribution in [2.45, 2.75) is 51.6 Å². The molecule has 0 aliphatic rings. The smallest absolute Gasteiger partial charge is 0.242 e. The van der Waals surface area contributed by atoms with E-state index >= 15 is 0 Å². The van der Waals surface area contributed by atoms with E-state index in [0.717, 1.165) is 11.1 Å². The number of carbonyl (C=O) groups is 2. The van der Waals surface area contributed by atoms with Gasteiger partial charge in [-0.25, -0.2) is 0 Å². The van der Waals surface area contributed by atoms with Crippen LogP contribution in [0.3, 0.4) is 0 Å². The fourth-order valence-electron chi connectivity index (χ4n) is 2.81. The van der Waals surface area contributed by atoms with Gasteiger partial charge in [-0.3, -0.25) is 9.59 Å². The second-order valence-corrected chi connectivity index (χ2v) is 10.6. The molecule has 0 fully saturated rings. The highest BCUT2D eigenvalue weighted by Gasteiger charge is 2.28. The van der Waals surface area contributed by atoms with Crippen molar-refractivity contribution in [2.75, 3.05) is 5.75 Å². The van der Waals surface area contributed by atoms with Crippen molar-refractivity contribution in [1.29, 1.82) is 0 Å². The largest absolute Gasteiger partial charge is 0.350 e. The predicted octanol–water partition coefficient (Wildman–Crippen LogP) is 6.21. The van der Waals surface area contributed by atoms with E-state index in [4.69, 9.17) is 34.8 Å². The van der Waals surface area contributed by atoms with Crippen LogP contribution >= 0.6 is 46.6 Å². The lowest BCUT2D eigenvalue weighted by atomic mass is 10.1. The number of thioether (sulfide) groups is 1. The van der Waals surface area contributed by atoms with Gasteiger partial charge in [0, 0.05) is 32.9 Å². The van der Waals surface area contributed by atoms with Crippen molar-refractivity contribution in [2.24, 2.45) is 0 Å². The summed E-state index contributed by atoms with van der Waals surface area (Å²) in [6.07, 6.45) is 0. The number of nitrogens with one attached hydrogen (secondary N) is 1. The minimum atomic E-state index is -0.658. The zero-order valence-corrected chi connectivity index (χ0v) is 21.1. The van der Waals surface area contributed by atoms with E-state index < -0.39 is 11.6 Å². The lowest BCUT2D eigenvalue weighted by Crippen LogP contribution is -2.52. The van der Waals surface area contributed by atoms with Gasteiger partial charge in [0.2, 0.25) is 11.8 Å². The van der Waals surface area contributed by atoms with Gasteiger partial charge in [-0.05, 0) is 63.1 Å². The van der Waals surface area contributed by atoms with E-state index in [1.54, 1.807) is 30.0 Å². The Morgan fingerprint density at radius 3 is 2.23 bits per heavy atom. The Kier molecular flexibility index (Phi) is 9.56. The first kappa shape index (κ1) is 25.9. The summed E-state index contributed by atoms with van der Waals surface area (Å²) in [4.78, 5) is 27.5. The van der Waals surface area contributed by atoms with Gasteiger partial charge in [0.1, 0.15) is 6.04 Å². The molecular weight excluding hydrogens is 475 g/mol. The van der Waals surface area contributed by atoms with E-state index in [2.05, 4.69) is 5.32 Å². The molecule has 0 radical (unpaired) electrons. The lowest BCUT2D eigenvalue weighted by molar-refractivity contribution is -0.139. The molecule has 2 aromatic carbocycles. The highest BCUT2D eigenvalue weighted by molar-refractivity contribution is 7.99. The summed E-state index contributed by atoms with van der Waals surface area (Å²) in [6.45, 7) is 7.66. The summed E-state index contributed by atoms with van der Waals surface area (Å²) in [6, 6.07) is 12.0. The zero-order valence-electron chi connectivity index (χ0n) is 18.0. The van der Waals surface area contributed by atoms with Gasteiger partial charge in [0.25, 0.3) is 0 Å². The SMILES string of the molecule is C[C@@H](C(=O)NC(C)(C)C)N(Cc1ccc(Cl)cc1Cl)C(=O)CSCc1ccc(Cl)cc1. The first-order chi connectivity index (χ1) is 14.5. The summed E-state index contributed by atoms with van der Waals surface area (Å²) >= 11 is 19.7. The second kappa shape index (κ2) is 11.5. The molecule has 2 amide bonds. The molecular formula is C23H27Cl3N2O2S. The fraction of sp³-hybridized carbons (Fsp3) is 0.391. The van der Waals surface area contributed by atoms with Gasteiger partial charge in [0.15, 0.2) is 0 Å². The molecule has 8 heteroatoms. The van der Waals surface area contributed by atoms with Crippen LogP contribution in [0.1, 0.15) is 38.8 Å². The van der Waals surface area contributed by atoms with Crippen LogP contribution in [0.5, 0.6) is 0 Å². The van der Waals surface area contributed by atoms with E-state index in [9.17, 15) is 9.59 Å². The number of benzene rings is 2. The van der Waals surface area contributed by atoms with Crippen molar-refractivity contribution >= 4 is 58.4 Å². The summed E-state index contributed by atoms with van der Waals surface area (Å²) in [5, 5.41) is 4.60. The topological polar surface area (TPSA) is 49.4 Å². The highest BCUT2D eigenvalue weighted by Crippen LogP contribution is 2.24. The molecule has 0 heterocycles. The Hall–Kier alpha value is -1.40. The second-order valence-electron chi connectivity index (χ2n) is 8.29. The van der Waals surface area contributed by atoms with Gasteiger partial charge in [-0.15, -0.1) is 11.8 Å². The zero-order chi connectivity index (χ0) is 23.2. The van der Waals surface area contributed by atoms with Crippen LogP contribution < -0.4 is 5.32 Å². The van der Waals surface area contributed by atoms with Crippen molar-refractivity contribution < 1.29 is 9.59 Å². The average Bonchev–Trinajstić information content (AvgIpc) is 2.67. The summed E-state index contributed by atoms with van der Waals surface area (Å²) in [5.74, 6) is 0.553. The summed E-state index contributed by atoms with van der Waals surface area (Å²) in [7, 11) is 0. The van der Waals surface area contributed by atoms with Gasteiger partial charge >= 0.3 is 0 Å². The molecule has 168 valence electrons. The van der Waals surface area contributed by atoms with Crippen molar-refractivity contribution in [3.05, 3.63) is 68.7 Å². The van der Waals surface area contributed by atoms with Gasteiger partial charge in [-0.2, -0.15) is 0 Å². The summed E-state index contributed by atoms with van der Waals surface area (Å²) in [5.41, 5.74) is 1.41. The molecule has 0 spiro atoms. The van der Waals surface area contributed by atoms with Crippen LogP contribution in [0.25, 0.3) is 0 Å². The van der Waals surface area contributed by atoms with Gasteiger partial charge < -0.3 is 10.2 Å². The standard InChI is InChI=1S/C23H27Cl3N2O2S/c1-15(22(30)27-23(2,3)4)28(12-17-7-10-19(25)11-20(17)26)21(29)14-31-13-16-5-8-18(24)9-6-16/h5-11,15H,12-14H2,1-4H3,(H,27,30)/t15-/m0/s1. The molecule has 0 saturated carbocycles. The third-order valence-corrected chi connectivity index (χ3v) is 6.26. The number of halogens is 3. The van der Waals surface area contributed by atoms with Crippen molar-refractivity contribution in [3.8, 4) is 0 Å². The Labute approximate surface area is 203 Å². The maximum absolute atomic E-state index is 13.1. The van der Waals surface area contributed by atoms with Crippen LogP contribution in [-0.4, -0.2) is 34.0 Å². The van der Waals surface area contributed by atoms with E-state index in [0.29, 0.717) is 20.8 Å². The number of nitrogens with zero attached hydrogens (tertiary/aromatic N) is 1. The quantitative estimate of drug-likeness (QED) is 0.468. The van der Waals surface area contributed by atoms with Crippen molar-refractivity contribution in [1.82, 2.24) is 10.2 Å². The molecule has 2 aromatic rings. The molecule has 0 bridgehead atoms. The Morgan fingerprint density at radius 2 is 1.65 bits per heavy atom. The van der Waals surface area contributed by atoms with Crippen LogP contribution in [0.2, 0.25) is 15.1 Å². The number of carbonyl (C=O) groups excluding carboxylic acids is 2. The third-order valence-electron chi connectivity index (χ3n) is 4.43. The molecule has 0 aliphatic carbocycles. The lowest BCUT2D eigenvalue weighted by Gasteiger charge is -2.31. The van der Waals surface area contributed by atoms with Gasteiger partial charge in [0.05, 0.1) is 5.75 Å². The van der Waals surface area contributed by atoms with Crippen molar-refractivity contribution in [3.63, 3.8) is 0 Å². The van der Waals surface area contributed by atoms with Crippen LogP contribution in [-0.2, 0) is 21.9 Å². The van der Waals surface area contributed by atoms with E-state index in [1.165, 1.54) is 11.8 Å². The Bertz CT molecular complexity index is 914. The number of amides is 2. The first-order valence-corrected chi connectivity index (χ1v) is 12.1. The maximum Gasteiger partial charge on any atom is 0.242 e. The molecule has 31 heavy (non-hydrogen) atoms. The number of hydrogen-bond donors (Lipinski definition) is 1.